The molecule has 0 saturated carbocycles. The lowest BCUT2D eigenvalue weighted by atomic mass is 9.86. The summed E-state index contributed by atoms with van der Waals surface area (Å²) in [7, 11) is 2.90. The molecule has 0 aliphatic heterocycles. The van der Waals surface area contributed by atoms with Crippen LogP contribution in [0.25, 0.3) is 6.08 Å². The van der Waals surface area contributed by atoms with E-state index in [1.165, 1.54) is 13.2 Å². The Morgan fingerprint density at radius 2 is 2.00 bits per heavy atom. The Balaban J connectivity index is 1.88. The molecule has 0 fully saturated rings. The normalized spacial score (nSPS) is 15.4. The largest absolute Gasteiger partial charge is 0.497 e. The van der Waals surface area contributed by atoms with Crippen LogP contribution < -0.4 is 4.74 Å². The van der Waals surface area contributed by atoms with E-state index in [4.69, 9.17) is 9.15 Å². The molecule has 1 aliphatic rings. The van der Waals surface area contributed by atoms with Gasteiger partial charge in [0, 0.05) is 11.1 Å². The Morgan fingerprint density at radius 3 is 2.74 bits per heavy atom. The van der Waals surface area contributed by atoms with Crippen LogP contribution in [0.2, 0.25) is 0 Å². The van der Waals surface area contributed by atoms with Gasteiger partial charge in [-0.15, -0.1) is 0 Å². The highest BCUT2D eigenvalue weighted by atomic mass is 16.5. The molecule has 0 spiro atoms. The molecule has 1 aromatic heterocycles. The SMILES string of the molecule is COC(=O)c1ccc(C=C2CCc3cc(OC)ccc3C2=O)o1. The van der Waals surface area contributed by atoms with Crippen LogP contribution in [0.3, 0.4) is 0 Å². The van der Waals surface area contributed by atoms with E-state index in [0.29, 0.717) is 23.3 Å². The third-order valence-corrected chi connectivity index (χ3v) is 3.84. The number of allylic oxidation sites excluding steroid dienone is 1. The summed E-state index contributed by atoms with van der Waals surface area (Å²) in [5, 5.41) is 0. The molecule has 1 heterocycles. The van der Waals surface area contributed by atoms with Crippen LogP contribution in [0.1, 0.15) is 38.7 Å². The van der Waals surface area contributed by atoms with Crippen molar-refractivity contribution in [3.05, 3.63) is 58.6 Å². The van der Waals surface area contributed by atoms with E-state index < -0.39 is 5.97 Å². The summed E-state index contributed by atoms with van der Waals surface area (Å²) in [5.41, 5.74) is 2.33. The van der Waals surface area contributed by atoms with E-state index in [1.54, 1.807) is 31.4 Å². The van der Waals surface area contributed by atoms with E-state index in [-0.39, 0.29) is 11.5 Å². The second-order valence-electron chi connectivity index (χ2n) is 5.22. The molecule has 0 unspecified atom stereocenters. The van der Waals surface area contributed by atoms with Crippen molar-refractivity contribution in [2.24, 2.45) is 0 Å². The maximum Gasteiger partial charge on any atom is 0.373 e. The van der Waals surface area contributed by atoms with Gasteiger partial charge in [0.05, 0.1) is 14.2 Å². The van der Waals surface area contributed by atoms with E-state index in [0.717, 1.165) is 17.7 Å². The highest BCUT2D eigenvalue weighted by Crippen LogP contribution is 2.29. The quantitative estimate of drug-likeness (QED) is 0.643. The summed E-state index contributed by atoms with van der Waals surface area (Å²) < 4.78 is 15.2. The van der Waals surface area contributed by atoms with Gasteiger partial charge in [0.1, 0.15) is 11.5 Å². The number of ether oxygens (including phenoxy) is 2. The minimum absolute atomic E-state index is 0.0232. The number of methoxy groups -OCH3 is 2. The molecule has 3 rings (SSSR count). The second-order valence-corrected chi connectivity index (χ2v) is 5.22. The van der Waals surface area contributed by atoms with Gasteiger partial charge in [-0.2, -0.15) is 0 Å². The molecular formula is C18H16O5. The fourth-order valence-corrected chi connectivity index (χ4v) is 2.63. The van der Waals surface area contributed by atoms with Gasteiger partial charge in [-0.25, -0.2) is 4.79 Å². The molecule has 5 nitrogen and oxygen atoms in total. The zero-order valence-corrected chi connectivity index (χ0v) is 12.9. The molecule has 23 heavy (non-hydrogen) atoms. The number of ketones is 1. The number of aryl methyl sites for hydroxylation is 1. The highest BCUT2D eigenvalue weighted by Gasteiger charge is 2.23. The Labute approximate surface area is 133 Å². The fourth-order valence-electron chi connectivity index (χ4n) is 2.63. The van der Waals surface area contributed by atoms with E-state index in [1.807, 2.05) is 6.07 Å². The summed E-state index contributed by atoms with van der Waals surface area (Å²) in [4.78, 5) is 24.0. The number of hydrogen-bond acceptors (Lipinski definition) is 5. The van der Waals surface area contributed by atoms with Crippen LogP contribution in [0.5, 0.6) is 5.75 Å². The van der Waals surface area contributed by atoms with Crippen molar-refractivity contribution >= 4 is 17.8 Å². The molecular weight excluding hydrogens is 296 g/mol. The molecule has 5 heteroatoms. The maximum atomic E-state index is 12.6. The Hall–Kier alpha value is -2.82. The third-order valence-electron chi connectivity index (χ3n) is 3.84. The summed E-state index contributed by atoms with van der Waals surface area (Å²) in [6, 6.07) is 8.64. The summed E-state index contributed by atoms with van der Waals surface area (Å²) >= 11 is 0. The average molecular weight is 312 g/mol. The number of esters is 1. The summed E-state index contributed by atoms with van der Waals surface area (Å²) in [6.07, 6.45) is 3.06. The Kier molecular flexibility index (Phi) is 4.02. The first kappa shape index (κ1) is 15.1. The van der Waals surface area contributed by atoms with Crippen molar-refractivity contribution < 1.29 is 23.5 Å². The van der Waals surface area contributed by atoms with Crippen molar-refractivity contribution in [3.8, 4) is 5.75 Å². The van der Waals surface area contributed by atoms with Gasteiger partial charge in [0.15, 0.2) is 5.78 Å². The lowest BCUT2D eigenvalue weighted by Crippen LogP contribution is -2.14. The van der Waals surface area contributed by atoms with Crippen molar-refractivity contribution in [1.29, 1.82) is 0 Å². The lowest BCUT2D eigenvalue weighted by Gasteiger charge is -2.17. The lowest BCUT2D eigenvalue weighted by molar-refractivity contribution is 0.0564. The number of hydrogen-bond donors (Lipinski definition) is 0. The number of Topliss-reactive ketones (excluding diaryl/α,β-unsaturated/α-hetero) is 1. The van der Waals surface area contributed by atoms with Crippen LogP contribution in [-0.4, -0.2) is 26.0 Å². The van der Waals surface area contributed by atoms with Crippen molar-refractivity contribution in [2.45, 2.75) is 12.8 Å². The zero-order valence-electron chi connectivity index (χ0n) is 12.9. The Morgan fingerprint density at radius 1 is 1.17 bits per heavy atom. The standard InChI is InChI=1S/C18H16O5/c1-21-13-5-7-15-11(9-13)3-4-12(17(15)19)10-14-6-8-16(23-14)18(20)22-2/h5-10H,3-4H2,1-2H3. The van der Waals surface area contributed by atoms with Crippen molar-refractivity contribution in [1.82, 2.24) is 0 Å². The van der Waals surface area contributed by atoms with E-state index in [2.05, 4.69) is 4.74 Å². The highest BCUT2D eigenvalue weighted by molar-refractivity contribution is 6.13. The summed E-state index contributed by atoms with van der Waals surface area (Å²) in [5.74, 6) is 0.767. The minimum atomic E-state index is -0.540. The van der Waals surface area contributed by atoms with Gasteiger partial charge < -0.3 is 13.9 Å². The molecule has 118 valence electrons. The maximum absolute atomic E-state index is 12.6. The predicted molar refractivity (Wildman–Crippen MR) is 83.7 cm³/mol. The summed E-state index contributed by atoms with van der Waals surface area (Å²) in [6.45, 7) is 0. The predicted octanol–water partition coefficient (Wildman–Crippen LogP) is 3.29. The number of benzene rings is 1. The molecule has 2 aromatic rings. The first-order valence-corrected chi connectivity index (χ1v) is 7.22. The van der Waals surface area contributed by atoms with Gasteiger partial charge in [-0.1, -0.05) is 0 Å². The van der Waals surface area contributed by atoms with Gasteiger partial charge in [-0.05, 0) is 54.8 Å². The average Bonchev–Trinajstić information content (AvgIpc) is 3.05. The zero-order chi connectivity index (χ0) is 16.4. The van der Waals surface area contributed by atoms with Gasteiger partial charge >= 0.3 is 5.97 Å². The fraction of sp³-hybridized carbons (Fsp3) is 0.222. The Bertz CT molecular complexity index is 797. The van der Waals surface area contributed by atoms with Gasteiger partial charge in [-0.3, -0.25) is 4.79 Å². The first-order chi connectivity index (χ1) is 11.1. The van der Waals surface area contributed by atoms with Crippen LogP contribution in [0, 0.1) is 0 Å². The molecule has 0 saturated heterocycles. The molecule has 0 N–H and O–H groups in total. The van der Waals surface area contributed by atoms with Crippen LogP contribution >= 0.6 is 0 Å². The number of fused-ring (bicyclic) bond motifs is 1. The monoisotopic (exact) mass is 312 g/mol. The van der Waals surface area contributed by atoms with Crippen LogP contribution in [0.15, 0.2) is 40.3 Å². The first-order valence-electron chi connectivity index (χ1n) is 7.22. The minimum Gasteiger partial charge on any atom is -0.497 e. The smallest absolute Gasteiger partial charge is 0.373 e. The molecule has 0 atom stereocenters. The number of furan rings is 1. The van der Waals surface area contributed by atoms with Crippen LogP contribution in [0.4, 0.5) is 0 Å². The number of rotatable bonds is 3. The second kappa shape index (κ2) is 6.12. The van der Waals surface area contributed by atoms with E-state index in [9.17, 15) is 9.59 Å². The third kappa shape index (κ3) is 2.90. The molecule has 0 radical (unpaired) electrons. The molecule has 0 bridgehead atoms. The van der Waals surface area contributed by atoms with Gasteiger partial charge in [0.2, 0.25) is 5.76 Å². The number of carbonyl (C=O) groups excluding carboxylic acids is 2. The molecule has 1 aliphatic carbocycles. The topological polar surface area (TPSA) is 65.7 Å². The molecule has 1 aromatic carbocycles. The van der Waals surface area contributed by atoms with Crippen LogP contribution in [-0.2, 0) is 11.2 Å². The van der Waals surface area contributed by atoms with Crippen molar-refractivity contribution in [2.75, 3.05) is 14.2 Å². The number of carbonyl (C=O) groups is 2. The molecule has 0 amide bonds. The van der Waals surface area contributed by atoms with Crippen molar-refractivity contribution in [3.63, 3.8) is 0 Å². The van der Waals surface area contributed by atoms with E-state index >= 15 is 0 Å². The van der Waals surface area contributed by atoms with Gasteiger partial charge in [0.25, 0.3) is 0 Å².